The third kappa shape index (κ3) is 7.25. The van der Waals surface area contributed by atoms with Gasteiger partial charge in [-0.2, -0.15) is 0 Å². The molecule has 1 atom stereocenters. The number of hydrogen-bond acceptors (Lipinski definition) is 0. The summed E-state index contributed by atoms with van der Waals surface area (Å²) in [6, 6.07) is 0. The van der Waals surface area contributed by atoms with Crippen molar-refractivity contribution in [1.82, 2.24) is 0 Å². The van der Waals surface area contributed by atoms with Gasteiger partial charge >= 0.3 is 0 Å². The molecule has 64 valence electrons. The molecular formula is C10H18N-. The van der Waals surface area contributed by atoms with E-state index in [1.54, 1.807) is 6.54 Å². The van der Waals surface area contributed by atoms with E-state index >= 15 is 0 Å². The van der Waals surface area contributed by atoms with E-state index in [1.807, 2.05) is 0 Å². The van der Waals surface area contributed by atoms with Gasteiger partial charge in [0, 0.05) is 0 Å². The molecule has 11 heavy (non-hydrogen) atoms. The molecule has 0 aromatic heterocycles. The van der Waals surface area contributed by atoms with Crippen LogP contribution in [0.1, 0.15) is 40.0 Å². The average molecular weight is 152 g/mol. The smallest absolute Gasteiger partial charge is 0.0407 e. The normalized spacial score (nSPS) is 12.6. The zero-order valence-electron chi connectivity index (χ0n) is 7.80. The molecular weight excluding hydrogens is 134 g/mol. The van der Waals surface area contributed by atoms with Crippen LogP contribution >= 0.6 is 0 Å². The third-order valence-electron chi connectivity index (χ3n) is 1.84. The Bertz CT molecular complexity index is 121. The third-order valence-corrected chi connectivity index (χ3v) is 1.84. The second-order valence-electron chi connectivity index (χ2n) is 3.62. The highest BCUT2D eigenvalue weighted by molar-refractivity contribution is 4.77. The molecule has 0 saturated carbocycles. The second-order valence-corrected chi connectivity index (χ2v) is 3.62. The largest absolute Gasteiger partial charge is 0.461 e. The van der Waals surface area contributed by atoms with E-state index < -0.39 is 0 Å². The van der Waals surface area contributed by atoms with Crippen LogP contribution in [0.25, 0.3) is 4.85 Å². The van der Waals surface area contributed by atoms with Gasteiger partial charge in [-0.1, -0.05) is 46.0 Å². The van der Waals surface area contributed by atoms with Gasteiger partial charge < -0.3 is 4.85 Å². The zero-order chi connectivity index (χ0) is 8.69. The summed E-state index contributed by atoms with van der Waals surface area (Å²) in [4.78, 5) is 3.23. The molecule has 1 unspecified atom stereocenters. The highest BCUT2D eigenvalue weighted by Gasteiger charge is 2.00. The molecule has 0 aliphatic rings. The first kappa shape index (κ1) is 10.4. The molecule has 1 nitrogen and oxygen atoms in total. The van der Waals surface area contributed by atoms with E-state index in [4.69, 9.17) is 6.57 Å². The van der Waals surface area contributed by atoms with Crippen LogP contribution in [0.15, 0.2) is 0 Å². The molecule has 0 aromatic rings. The van der Waals surface area contributed by atoms with E-state index in [0.29, 0.717) is 5.92 Å². The molecule has 0 saturated heterocycles. The van der Waals surface area contributed by atoms with E-state index in [0.717, 1.165) is 12.3 Å². The molecule has 0 radical (unpaired) electrons. The lowest BCUT2D eigenvalue weighted by molar-refractivity contribution is 0.448. The highest BCUT2D eigenvalue weighted by atomic mass is 14.6. The maximum Gasteiger partial charge on any atom is -0.0407 e. The Hall–Kier alpha value is -0.640. The molecule has 0 bridgehead atoms. The van der Waals surface area contributed by atoms with Crippen molar-refractivity contribution in [3.05, 3.63) is 18.0 Å². The summed E-state index contributed by atoms with van der Waals surface area (Å²) in [7, 11) is 0. The fourth-order valence-electron chi connectivity index (χ4n) is 0.968. The van der Waals surface area contributed by atoms with Crippen LogP contribution in [-0.2, 0) is 0 Å². The lowest BCUT2D eigenvalue weighted by Crippen LogP contribution is -1.97. The van der Waals surface area contributed by atoms with Crippen LogP contribution < -0.4 is 0 Å². The van der Waals surface area contributed by atoms with Crippen molar-refractivity contribution in [2.45, 2.75) is 40.0 Å². The summed E-state index contributed by atoms with van der Waals surface area (Å²) < 4.78 is 0. The lowest BCUT2D eigenvalue weighted by Gasteiger charge is -2.12. The van der Waals surface area contributed by atoms with Crippen molar-refractivity contribution < 1.29 is 0 Å². The van der Waals surface area contributed by atoms with Crippen molar-refractivity contribution in [2.24, 2.45) is 11.8 Å². The summed E-state index contributed by atoms with van der Waals surface area (Å²) in [6.45, 7) is 15.0. The number of nitrogens with zero attached hydrogens (tertiary/aromatic N) is 1. The van der Waals surface area contributed by atoms with Crippen LogP contribution in [0.4, 0.5) is 0 Å². The van der Waals surface area contributed by atoms with Gasteiger partial charge in [-0.05, 0) is 12.5 Å². The molecule has 0 spiro atoms. The fourth-order valence-corrected chi connectivity index (χ4v) is 0.968. The van der Waals surface area contributed by atoms with Crippen LogP contribution in [0.5, 0.6) is 0 Å². The van der Waals surface area contributed by atoms with Gasteiger partial charge in [0.25, 0.3) is 0 Å². The van der Waals surface area contributed by atoms with Crippen molar-refractivity contribution >= 4 is 0 Å². The minimum absolute atomic E-state index is 0.687. The van der Waals surface area contributed by atoms with E-state index in [9.17, 15) is 0 Å². The topological polar surface area (TPSA) is 4.36 Å². The average Bonchev–Trinajstić information content (AvgIpc) is 1.97. The Kier molecular flexibility index (Phi) is 5.74. The summed E-state index contributed by atoms with van der Waals surface area (Å²) in [5.74, 6) is 1.48. The first-order valence-electron chi connectivity index (χ1n) is 4.35. The summed E-state index contributed by atoms with van der Waals surface area (Å²) in [5, 5.41) is 0. The van der Waals surface area contributed by atoms with Gasteiger partial charge in [0.2, 0.25) is 0 Å². The lowest BCUT2D eigenvalue weighted by atomic mass is 9.97. The molecule has 0 amide bonds. The highest BCUT2D eigenvalue weighted by Crippen LogP contribution is 2.15. The Morgan fingerprint density at radius 2 is 1.91 bits per heavy atom. The van der Waals surface area contributed by atoms with Crippen LogP contribution in [0.3, 0.4) is 0 Å². The van der Waals surface area contributed by atoms with Crippen molar-refractivity contribution in [3.8, 4) is 0 Å². The van der Waals surface area contributed by atoms with Crippen molar-refractivity contribution in [1.29, 1.82) is 0 Å². The van der Waals surface area contributed by atoms with Crippen LogP contribution in [0, 0.1) is 25.0 Å². The maximum absolute atomic E-state index is 6.58. The molecule has 1 heteroatoms. The van der Waals surface area contributed by atoms with Crippen molar-refractivity contribution in [2.75, 3.05) is 0 Å². The SMILES string of the molecule is [C-]#[N+][CH-]CC(C)CCC(C)C. The van der Waals surface area contributed by atoms with Gasteiger partial charge in [-0.25, -0.2) is 0 Å². The molecule has 0 heterocycles. The van der Waals surface area contributed by atoms with Crippen LogP contribution in [-0.4, -0.2) is 0 Å². The predicted molar refractivity (Wildman–Crippen MR) is 48.8 cm³/mol. The quantitative estimate of drug-likeness (QED) is 0.531. The Morgan fingerprint density at radius 1 is 1.27 bits per heavy atom. The second kappa shape index (κ2) is 6.09. The first-order chi connectivity index (χ1) is 5.16. The Morgan fingerprint density at radius 3 is 2.36 bits per heavy atom. The van der Waals surface area contributed by atoms with E-state index in [1.165, 1.54) is 12.8 Å². The standard InChI is InChI=1S/C10H18N/c1-9(2)5-6-10(3)7-8-11-4/h8-10H,5-7H2,1-3H3/q-1. The van der Waals surface area contributed by atoms with E-state index in [-0.39, 0.29) is 0 Å². The minimum Gasteiger partial charge on any atom is -0.461 e. The molecule has 0 rings (SSSR count). The van der Waals surface area contributed by atoms with Gasteiger partial charge in [0.1, 0.15) is 0 Å². The molecule has 0 aliphatic carbocycles. The van der Waals surface area contributed by atoms with Gasteiger partial charge in [0.05, 0.1) is 0 Å². The Balaban J connectivity index is 3.23. The summed E-state index contributed by atoms with van der Waals surface area (Å²) in [5.41, 5.74) is 0. The molecule has 0 fully saturated rings. The predicted octanol–water partition coefficient (Wildman–Crippen LogP) is 3.53. The molecule has 0 aromatic carbocycles. The van der Waals surface area contributed by atoms with Gasteiger partial charge in [0.15, 0.2) is 0 Å². The monoisotopic (exact) mass is 152 g/mol. The van der Waals surface area contributed by atoms with Crippen LogP contribution in [0.2, 0.25) is 0 Å². The van der Waals surface area contributed by atoms with E-state index in [2.05, 4.69) is 25.6 Å². The minimum atomic E-state index is 0.687. The summed E-state index contributed by atoms with van der Waals surface area (Å²) >= 11 is 0. The number of hydrogen-bond donors (Lipinski definition) is 0. The Labute approximate surface area is 70.6 Å². The summed E-state index contributed by atoms with van der Waals surface area (Å²) in [6.07, 6.45) is 3.49. The number of rotatable bonds is 5. The molecule has 0 aliphatic heterocycles. The fraction of sp³-hybridized carbons (Fsp3) is 0.800. The van der Waals surface area contributed by atoms with Gasteiger partial charge in [-0.15, -0.1) is 0 Å². The van der Waals surface area contributed by atoms with Crippen molar-refractivity contribution in [3.63, 3.8) is 0 Å². The van der Waals surface area contributed by atoms with Gasteiger partial charge in [-0.3, -0.25) is 6.57 Å². The first-order valence-corrected chi connectivity index (χ1v) is 4.35. The molecule has 0 N–H and O–H groups in total. The zero-order valence-corrected chi connectivity index (χ0v) is 7.80. The maximum atomic E-state index is 6.58.